The zero-order valence-electron chi connectivity index (χ0n) is 13.9. The lowest BCUT2D eigenvalue weighted by Crippen LogP contribution is -2.25. The van der Waals surface area contributed by atoms with Crippen LogP contribution in [0.5, 0.6) is 0 Å². The molecule has 0 radical (unpaired) electrons. The molecule has 1 N–H and O–H groups in total. The zero-order chi connectivity index (χ0) is 15.1. The standard InChI is InChI=1S/C15H30N4S/c1-7-19(8-2)9-10-20-15-14(11-16-12(3)4)13(5)17-18(15)6/h12,16H,7-11H2,1-6H3. The third-order valence-corrected chi connectivity index (χ3v) is 4.69. The highest BCUT2D eigenvalue weighted by Crippen LogP contribution is 2.25. The van der Waals surface area contributed by atoms with Gasteiger partial charge in [-0.3, -0.25) is 4.68 Å². The van der Waals surface area contributed by atoms with Crippen molar-refractivity contribution in [2.45, 2.75) is 52.2 Å². The van der Waals surface area contributed by atoms with Crippen LogP contribution >= 0.6 is 11.8 Å². The van der Waals surface area contributed by atoms with Gasteiger partial charge in [0.25, 0.3) is 0 Å². The molecule has 116 valence electrons. The smallest absolute Gasteiger partial charge is 0.0984 e. The zero-order valence-corrected chi connectivity index (χ0v) is 14.7. The van der Waals surface area contributed by atoms with Gasteiger partial charge in [0.1, 0.15) is 0 Å². The van der Waals surface area contributed by atoms with Gasteiger partial charge in [0.05, 0.1) is 10.7 Å². The fourth-order valence-electron chi connectivity index (χ4n) is 2.18. The van der Waals surface area contributed by atoms with Crippen LogP contribution in [0.2, 0.25) is 0 Å². The van der Waals surface area contributed by atoms with E-state index in [1.807, 2.05) is 23.5 Å². The molecule has 0 amide bonds. The summed E-state index contributed by atoms with van der Waals surface area (Å²) in [6.07, 6.45) is 0. The van der Waals surface area contributed by atoms with Crippen LogP contribution in [0.25, 0.3) is 0 Å². The number of hydrogen-bond donors (Lipinski definition) is 1. The molecule has 0 saturated heterocycles. The van der Waals surface area contributed by atoms with Crippen LogP contribution in [0, 0.1) is 6.92 Å². The van der Waals surface area contributed by atoms with Gasteiger partial charge in [0.15, 0.2) is 0 Å². The topological polar surface area (TPSA) is 33.1 Å². The van der Waals surface area contributed by atoms with E-state index < -0.39 is 0 Å². The first-order valence-corrected chi connectivity index (χ1v) is 8.59. The molecule has 0 fully saturated rings. The molecular formula is C15H30N4S. The predicted molar refractivity (Wildman–Crippen MR) is 88.4 cm³/mol. The van der Waals surface area contributed by atoms with Crippen LogP contribution in [-0.4, -0.2) is 46.1 Å². The summed E-state index contributed by atoms with van der Waals surface area (Å²) in [5.41, 5.74) is 2.50. The minimum atomic E-state index is 0.503. The van der Waals surface area contributed by atoms with Crippen molar-refractivity contribution in [3.8, 4) is 0 Å². The Morgan fingerprint density at radius 1 is 1.30 bits per heavy atom. The maximum atomic E-state index is 4.57. The monoisotopic (exact) mass is 298 g/mol. The van der Waals surface area contributed by atoms with E-state index in [4.69, 9.17) is 0 Å². The summed E-state index contributed by atoms with van der Waals surface area (Å²) in [5, 5.41) is 9.38. The van der Waals surface area contributed by atoms with E-state index >= 15 is 0 Å². The first kappa shape index (κ1) is 17.5. The second-order valence-corrected chi connectivity index (χ2v) is 6.49. The molecule has 1 heterocycles. The van der Waals surface area contributed by atoms with Crippen LogP contribution in [0.4, 0.5) is 0 Å². The number of aromatic nitrogens is 2. The van der Waals surface area contributed by atoms with E-state index in [-0.39, 0.29) is 0 Å². The molecule has 0 saturated carbocycles. The third-order valence-electron chi connectivity index (χ3n) is 3.52. The lowest BCUT2D eigenvalue weighted by atomic mass is 10.2. The Balaban J connectivity index is 2.63. The summed E-state index contributed by atoms with van der Waals surface area (Å²) >= 11 is 1.92. The number of thioether (sulfide) groups is 1. The summed E-state index contributed by atoms with van der Waals surface area (Å²) in [5.74, 6) is 1.12. The van der Waals surface area contributed by atoms with Crippen LogP contribution in [0.15, 0.2) is 5.03 Å². The molecule has 1 rings (SSSR count). The molecular weight excluding hydrogens is 268 g/mol. The molecule has 0 atom stereocenters. The largest absolute Gasteiger partial charge is 0.310 e. The Labute approximate surface area is 128 Å². The quantitative estimate of drug-likeness (QED) is 0.711. The van der Waals surface area contributed by atoms with Crippen molar-refractivity contribution in [3.63, 3.8) is 0 Å². The number of rotatable bonds is 9. The molecule has 4 nitrogen and oxygen atoms in total. The number of hydrogen-bond acceptors (Lipinski definition) is 4. The fraction of sp³-hybridized carbons (Fsp3) is 0.800. The van der Waals surface area contributed by atoms with Gasteiger partial charge < -0.3 is 10.2 Å². The molecule has 1 aromatic heterocycles. The molecule has 1 aromatic rings. The van der Waals surface area contributed by atoms with Gasteiger partial charge in [-0.1, -0.05) is 27.7 Å². The van der Waals surface area contributed by atoms with E-state index in [0.717, 1.165) is 37.6 Å². The summed E-state index contributed by atoms with van der Waals surface area (Å²) in [4.78, 5) is 2.46. The normalized spacial score (nSPS) is 11.8. The van der Waals surface area contributed by atoms with Gasteiger partial charge in [0.2, 0.25) is 0 Å². The second kappa shape index (κ2) is 8.70. The van der Waals surface area contributed by atoms with Gasteiger partial charge in [-0.2, -0.15) is 5.10 Å². The highest BCUT2D eigenvalue weighted by Gasteiger charge is 2.14. The molecule has 0 aliphatic rings. The van der Waals surface area contributed by atoms with Gasteiger partial charge in [0, 0.05) is 37.5 Å². The first-order chi connectivity index (χ1) is 9.49. The fourth-order valence-corrected chi connectivity index (χ4v) is 3.35. The predicted octanol–water partition coefficient (Wildman–Crippen LogP) is 2.66. The van der Waals surface area contributed by atoms with E-state index in [1.54, 1.807) is 0 Å². The van der Waals surface area contributed by atoms with Crippen molar-refractivity contribution in [3.05, 3.63) is 11.3 Å². The van der Waals surface area contributed by atoms with Gasteiger partial charge in [-0.15, -0.1) is 11.8 Å². The summed E-state index contributed by atoms with van der Waals surface area (Å²) < 4.78 is 2.03. The summed E-state index contributed by atoms with van der Waals surface area (Å²) in [6.45, 7) is 15.2. The lowest BCUT2D eigenvalue weighted by Gasteiger charge is -2.17. The number of nitrogens with zero attached hydrogens (tertiary/aromatic N) is 3. The number of nitrogens with one attached hydrogen (secondary N) is 1. The molecule has 0 aliphatic heterocycles. The Hall–Kier alpha value is -0.520. The lowest BCUT2D eigenvalue weighted by molar-refractivity contribution is 0.324. The van der Waals surface area contributed by atoms with Crippen LogP contribution in [-0.2, 0) is 13.6 Å². The maximum Gasteiger partial charge on any atom is 0.0984 e. The van der Waals surface area contributed by atoms with Crippen molar-refractivity contribution in [2.75, 3.05) is 25.4 Å². The van der Waals surface area contributed by atoms with Crippen molar-refractivity contribution >= 4 is 11.8 Å². The van der Waals surface area contributed by atoms with E-state index in [9.17, 15) is 0 Å². The molecule has 0 spiro atoms. The molecule has 0 aromatic carbocycles. The average Bonchev–Trinajstić information content (AvgIpc) is 2.66. The van der Waals surface area contributed by atoms with Crippen LogP contribution in [0.1, 0.15) is 39.0 Å². The summed E-state index contributed by atoms with van der Waals surface area (Å²) in [6, 6.07) is 0.503. The summed E-state index contributed by atoms with van der Waals surface area (Å²) in [7, 11) is 2.05. The Bertz CT molecular complexity index is 397. The Morgan fingerprint density at radius 3 is 2.50 bits per heavy atom. The van der Waals surface area contributed by atoms with E-state index in [1.165, 1.54) is 10.6 Å². The van der Waals surface area contributed by atoms with Crippen molar-refractivity contribution < 1.29 is 0 Å². The highest BCUT2D eigenvalue weighted by atomic mass is 32.2. The van der Waals surface area contributed by atoms with E-state index in [2.05, 4.69) is 49.9 Å². The Kier molecular flexibility index (Phi) is 7.62. The molecule has 5 heteroatoms. The molecule has 20 heavy (non-hydrogen) atoms. The number of aryl methyl sites for hydroxylation is 2. The third kappa shape index (κ3) is 5.11. The first-order valence-electron chi connectivity index (χ1n) is 7.60. The van der Waals surface area contributed by atoms with Gasteiger partial charge in [-0.25, -0.2) is 0 Å². The van der Waals surface area contributed by atoms with Crippen LogP contribution in [0.3, 0.4) is 0 Å². The van der Waals surface area contributed by atoms with Crippen molar-refractivity contribution in [1.29, 1.82) is 0 Å². The molecule has 0 aliphatic carbocycles. The SMILES string of the molecule is CCN(CC)CCSc1c(CNC(C)C)c(C)nn1C. The second-order valence-electron chi connectivity index (χ2n) is 5.40. The molecule has 0 bridgehead atoms. The van der Waals surface area contributed by atoms with Gasteiger partial charge >= 0.3 is 0 Å². The minimum absolute atomic E-state index is 0.503. The average molecular weight is 298 g/mol. The molecule has 0 unspecified atom stereocenters. The Morgan fingerprint density at radius 2 is 1.95 bits per heavy atom. The maximum absolute atomic E-state index is 4.57. The van der Waals surface area contributed by atoms with Crippen molar-refractivity contribution in [1.82, 2.24) is 20.0 Å². The van der Waals surface area contributed by atoms with E-state index in [0.29, 0.717) is 6.04 Å². The van der Waals surface area contributed by atoms with Crippen LogP contribution < -0.4 is 5.32 Å². The minimum Gasteiger partial charge on any atom is -0.310 e. The van der Waals surface area contributed by atoms with Crippen molar-refractivity contribution in [2.24, 2.45) is 7.05 Å². The van der Waals surface area contributed by atoms with Gasteiger partial charge in [-0.05, 0) is 20.0 Å². The highest BCUT2D eigenvalue weighted by molar-refractivity contribution is 7.99.